The molecule has 3 N–H and O–H groups in total. The van der Waals surface area contributed by atoms with Gasteiger partial charge in [0.15, 0.2) is 4.34 Å². The van der Waals surface area contributed by atoms with Crippen LogP contribution in [-0.2, 0) is 0 Å². The van der Waals surface area contributed by atoms with Crippen LogP contribution >= 0.6 is 23.1 Å². The minimum atomic E-state index is -0.169. The lowest BCUT2D eigenvalue weighted by Crippen LogP contribution is -2.03. The van der Waals surface area contributed by atoms with Crippen molar-refractivity contribution in [1.82, 2.24) is 15.0 Å². The molecule has 0 bridgehead atoms. The lowest BCUT2D eigenvalue weighted by Gasteiger charge is -1.93. The number of nitrogens with two attached hydrogens (primary N) is 1. The molecule has 0 aliphatic heterocycles. The third-order valence-corrected chi connectivity index (χ3v) is 4.25. The Balaban J connectivity index is 1.98. The minimum absolute atomic E-state index is 0.169. The molecule has 1 aromatic carbocycles. The molecular formula is C11H8N4OS2. The molecule has 0 aliphatic carbocycles. The first-order valence-electron chi connectivity index (χ1n) is 5.09. The number of thiazole rings is 1. The van der Waals surface area contributed by atoms with E-state index in [4.69, 9.17) is 5.73 Å². The second kappa shape index (κ2) is 4.43. The monoisotopic (exact) mass is 276 g/mol. The van der Waals surface area contributed by atoms with Crippen molar-refractivity contribution in [2.75, 3.05) is 5.73 Å². The molecule has 18 heavy (non-hydrogen) atoms. The van der Waals surface area contributed by atoms with Gasteiger partial charge >= 0.3 is 0 Å². The summed E-state index contributed by atoms with van der Waals surface area (Å²) < 4.78 is 1.87. The first-order chi connectivity index (χ1) is 8.70. The molecule has 3 rings (SSSR count). The average Bonchev–Trinajstić information content (AvgIpc) is 2.70. The van der Waals surface area contributed by atoms with Gasteiger partial charge in [-0.25, -0.2) is 9.97 Å². The van der Waals surface area contributed by atoms with Crippen molar-refractivity contribution in [3.05, 3.63) is 40.9 Å². The van der Waals surface area contributed by atoms with Crippen molar-refractivity contribution in [3.8, 4) is 0 Å². The van der Waals surface area contributed by atoms with E-state index in [1.54, 1.807) is 0 Å². The summed E-state index contributed by atoms with van der Waals surface area (Å²) in [7, 11) is 0. The summed E-state index contributed by atoms with van der Waals surface area (Å²) in [5.74, 6) is 0. The normalized spacial score (nSPS) is 10.9. The van der Waals surface area contributed by atoms with Crippen molar-refractivity contribution < 1.29 is 0 Å². The fourth-order valence-corrected chi connectivity index (χ4v) is 3.49. The molecule has 0 spiro atoms. The molecule has 2 heterocycles. The van der Waals surface area contributed by atoms with Gasteiger partial charge in [0.1, 0.15) is 5.03 Å². The van der Waals surface area contributed by atoms with Gasteiger partial charge in [0, 0.05) is 11.8 Å². The summed E-state index contributed by atoms with van der Waals surface area (Å²) in [5.41, 5.74) is 7.17. The fourth-order valence-electron chi connectivity index (χ4n) is 1.46. The zero-order valence-corrected chi connectivity index (χ0v) is 10.7. The molecular weight excluding hydrogens is 268 g/mol. The van der Waals surface area contributed by atoms with E-state index in [0.717, 1.165) is 20.2 Å². The second-order valence-corrected chi connectivity index (χ2v) is 5.86. The van der Waals surface area contributed by atoms with Gasteiger partial charge in [-0.05, 0) is 30.0 Å². The second-order valence-electron chi connectivity index (χ2n) is 3.56. The van der Waals surface area contributed by atoms with Gasteiger partial charge in [-0.1, -0.05) is 0 Å². The molecule has 5 nitrogen and oxygen atoms in total. The molecule has 0 saturated heterocycles. The van der Waals surface area contributed by atoms with E-state index >= 15 is 0 Å². The smallest absolute Gasteiger partial charge is 0.251 e. The Morgan fingerprint density at radius 3 is 3.06 bits per heavy atom. The zero-order chi connectivity index (χ0) is 12.5. The van der Waals surface area contributed by atoms with Crippen LogP contribution in [0.4, 0.5) is 5.69 Å². The summed E-state index contributed by atoms with van der Waals surface area (Å²) in [4.78, 5) is 22.2. The highest BCUT2D eigenvalue weighted by atomic mass is 32.2. The minimum Gasteiger partial charge on any atom is -0.399 e. The fraction of sp³-hybridized carbons (Fsp3) is 0. The van der Waals surface area contributed by atoms with Crippen LogP contribution in [0.1, 0.15) is 0 Å². The molecule has 3 aromatic rings. The average molecular weight is 276 g/mol. The predicted molar refractivity (Wildman–Crippen MR) is 73.0 cm³/mol. The Morgan fingerprint density at radius 2 is 2.22 bits per heavy atom. The number of benzene rings is 1. The zero-order valence-electron chi connectivity index (χ0n) is 9.08. The van der Waals surface area contributed by atoms with Crippen LogP contribution in [0, 0.1) is 0 Å². The largest absolute Gasteiger partial charge is 0.399 e. The van der Waals surface area contributed by atoms with Crippen LogP contribution < -0.4 is 11.3 Å². The molecule has 0 amide bonds. The Morgan fingerprint density at radius 1 is 1.33 bits per heavy atom. The Hall–Kier alpha value is -1.86. The first kappa shape index (κ1) is 11.2. The third kappa shape index (κ3) is 2.22. The highest BCUT2D eigenvalue weighted by molar-refractivity contribution is 8.01. The Labute approximate surface area is 110 Å². The molecule has 0 saturated carbocycles. The van der Waals surface area contributed by atoms with E-state index in [-0.39, 0.29) is 5.56 Å². The summed E-state index contributed by atoms with van der Waals surface area (Å²) >= 11 is 2.90. The third-order valence-electron chi connectivity index (χ3n) is 2.24. The van der Waals surface area contributed by atoms with E-state index in [2.05, 4.69) is 15.0 Å². The van der Waals surface area contributed by atoms with Crippen LogP contribution in [0.2, 0.25) is 0 Å². The van der Waals surface area contributed by atoms with Crippen molar-refractivity contribution in [2.24, 2.45) is 0 Å². The standard InChI is InChI=1S/C11H8N4OS2/c12-6-1-2-7-8(3-6)17-11(15-7)18-10-4-9(16)13-5-14-10/h1-5H,12H2,(H,13,14,16). The SMILES string of the molecule is Nc1ccc2nc(Sc3cc(=O)[nH]cn3)sc2c1. The number of H-pyrrole nitrogens is 1. The maximum Gasteiger partial charge on any atom is 0.251 e. The van der Waals surface area contributed by atoms with Crippen LogP contribution in [0.5, 0.6) is 0 Å². The lowest BCUT2D eigenvalue weighted by atomic mass is 10.3. The number of nitrogens with one attached hydrogen (secondary N) is 1. The van der Waals surface area contributed by atoms with Gasteiger partial charge < -0.3 is 10.7 Å². The quantitative estimate of drug-likeness (QED) is 0.553. The van der Waals surface area contributed by atoms with E-state index in [9.17, 15) is 4.79 Å². The van der Waals surface area contributed by atoms with Crippen molar-refractivity contribution >= 4 is 39.0 Å². The summed E-state index contributed by atoms with van der Waals surface area (Å²) in [6, 6.07) is 7.05. The number of rotatable bonds is 2. The van der Waals surface area contributed by atoms with Crippen LogP contribution in [0.15, 0.2) is 44.8 Å². The molecule has 0 fully saturated rings. The van der Waals surface area contributed by atoms with Crippen molar-refractivity contribution in [1.29, 1.82) is 0 Å². The molecule has 0 unspecified atom stereocenters. The Kier molecular flexibility index (Phi) is 2.77. The number of nitrogen functional groups attached to an aromatic ring is 1. The number of hydrogen-bond donors (Lipinski definition) is 2. The number of fused-ring (bicyclic) bond motifs is 1. The van der Waals surface area contributed by atoms with Crippen molar-refractivity contribution in [2.45, 2.75) is 9.37 Å². The van der Waals surface area contributed by atoms with Gasteiger partial charge in [0.05, 0.1) is 16.5 Å². The molecule has 90 valence electrons. The number of aromatic nitrogens is 3. The predicted octanol–water partition coefficient (Wildman–Crippen LogP) is 2.11. The topological polar surface area (TPSA) is 84.7 Å². The van der Waals surface area contributed by atoms with E-state index in [1.165, 1.54) is 35.5 Å². The molecule has 0 aliphatic rings. The highest BCUT2D eigenvalue weighted by Gasteiger charge is 2.07. The van der Waals surface area contributed by atoms with E-state index in [1.807, 2.05) is 18.2 Å². The number of anilines is 1. The first-order valence-corrected chi connectivity index (χ1v) is 6.73. The molecule has 0 radical (unpaired) electrons. The summed E-state index contributed by atoms with van der Waals surface area (Å²) in [6.07, 6.45) is 1.38. The summed E-state index contributed by atoms with van der Waals surface area (Å²) in [6.45, 7) is 0. The van der Waals surface area contributed by atoms with Gasteiger partial charge in [0.2, 0.25) is 0 Å². The van der Waals surface area contributed by atoms with Gasteiger partial charge in [-0.15, -0.1) is 11.3 Å². The van der Waals surface area contributed by atoms with Gasteiger partial charge in [0.25, 0.3) is 5.56 Å². The van der Waals surface area contributed by atoms with Crippen LogP contribution in [0.3, 0.4) is 0 Å². The van der Waals surface area contributed by atoms with E-state index < -0.39 is 0 Å². The maximum absolute atomic E-state index is 11.2. The number of aromatic amines is 1. The van der Waals surface area contributed by atoms with Crippen LogP contribution in [-0.4, -0.2) is 15.0 Å². The van der Waals surface area contributed by atoms with Crippen molar-refractivity contribution in [3.63, 3.8) is 0 Å². The molecule has 2 aromatic heterocycles. The highest BCUT2D eigenvalue weighted by Crippen LogP contribution is 2.33. The molecule has 7 heteroatoms. The maximum atomic E-state index is 11.2. The van der Waals surface area contributed by atoms with Crippen LogP contribution in [0.25, 0.3) is 10.2 Å². The lowest BCUT2D eigenvalue weighted by molar-refractivity contribution is 1.01. The Bertz CT molecular complexity index is 765. The van der Waals surface area contributed by atoms with Gasteiger partial charge in [-0.3, -0.25) is 4.79 Å². The summed E-state index contributed by atoms with van der Waals surface area (Å²) in [5, 5.41) is 0.630. The van der Waals surface area contributed by atoms with Gasteiger partial charge in [-0.2, -0.15) is 0 Å². The molecule has 0 atom stereocenters. The number of hydrogen-bond acceptors (Lipinski definition) is 6. The number of nitrogens with zero attached hydrogens (tertiary/aromatic N) is 2. The van der Waals surface area contributed by atoms with E-state index in [0.29, 0.717) is 5.03 Å².